The van der Waals surface area contributed by atoms with Crippen LogP contribution in [0.3, 0.4) is 0 Å². The van der Waals surface area contributed by atoms with E-state index in [-0.39, 0.29) is 11.9 Å². The van der Waals surface area contributed by atoms with Crippen LogP contribution in [0.4, 0.5) is 0 Å². The molecule has 0 radical (unpaired) electrons. The third-order valence-electron chi connectivity index (χ3n) is 4.19. The van der Waals surface area contributed by atoms with E-state index in [2.05, 4.69) is 15.5 Å². The first-order chi connectivity index (χ1) is 10.7. The normalized spacial score (nSPS) is 16.2. The lowest BCUT2D eigenvalue weighted by Crippen LogP contribution is -2.34. The minimum atomic E-state index is -0.0596. The summed E-state index contributed by atoms with van der Waals surface area (Å²) in [4.78, 5) is 12.6. The van der Waals surface area contributed by atoms with Crippen LogP contribution in [-0.4, -0.2) is 22.1 Å². The van der Waals surface area contributed by atoms with Gasteiger partial charge in [-0.05, 0) is 25.0 Å². The Bertz CT molecular complexity index is 645. The van der Waals surface area contributed by atoms with E-state index < -0.39 is 0 Å². The monoisotopic (exact) mass is 317 g/mol. The van der Waals surface area contributed by atoms with Crippen molar-refractivity contribution < 1.29 is 4.79 Å². The van der Waals surface area contributed by atoms with Gasteiger partial charge in [-0.3, -0.25) is 9.89 Å². The first-order valence-corrected chi connectivity index (χ1v) is 8.22. The van der Waals surface area contributed by atoms with Gasteiger partial charge in [0.25, 0.3) is 5.91 Å². The van der Waals surface area contributed by atoms with Gasteiger partial charge in [0.15, 0.2) is 0 Å². The van der Waals surface area contributed by atoms with Gasteiger partial charge in [-0.15, -0.1) is 0 Å². The molecule has 1 saturated carbocycles. The summed E-state index contributed by atoms with van der Waals surface area (Å²) in [6.07, 6.45) is 8.64. The molecule has 2 N–H and O–H groups in total. The average Bonchev–Trinajstić information content (AvgIpc) is 2.87. The summed E-state index contributed by atoms with van der Waals surface area (Å²) in [5.74, 6) is -0.0596. The number of amides is 1. The Morgan fingerprint density at radius 2 is 2.00 bits per heavy atom. The molecule has 0 unspecified atom stereocenters. The number of rotatable bonds is 3. The highest BCUT2D eigenvalue weighted by Gasteiger charge is 2.19. The van der Waals surface area contributed by atoms with Gasteiger partial charge in [-0.25, -0.2) is 0 Å². The van der Waals surface area contributed by atoms with Crippen LogP contribution in [0, 0.1) is 0 Å². The van der Waals surface area contributed by atoms with E-state index in [0.717, 1.165) is 18.4 Å². The number of hydrogen-bond donors (Lipinski definition) is 2. The Morgan fingerprint density at radius 3 is 2.73 bits per heavy atom. The zero-order chi connectivity index (χ0) is 15.4. The fourth-order valence-corrected chi connectivity index (χ4v) is 3.20. The first kappa shape index (κ1) is 15.1. The Morgan fingerprint density at radius 1 is 1.23 bits per heavy atom. The minimum absolute atomic E-state index is 0.0596. The van der Waals surface area contributed by atoms with Crippen molar-refractivity contribution in [3.63, 3.8) is 0 Å². The second kappa shape index (κ2) is 6.97. The molecule has 5 heteroatoms. The van der Waals surface area contributed by atoms with Gasteiger partial charge in [0.05, 0.1) is 17.5 Å². The maximum atomic E-state index is 12.6. The van der Waals surface area contributed by atoms with Gasteiger partial charge < -0.3 is 5.32 Å². The van der Waals surface area contributed by atoms with Crippen molar-refractivity contribution in [2.75, 3.05) is 0 Å². The van der Waals surface area contributed by atoms with Crippen molar-refractivity contribution in [3.05, 3.63) is 41.0 Å². The lowest BCUT2D eigenvalue weighted by Gasteiger charge is -2.16. The number of halogens is 1. The van der Waals surface area contributed by atoms with Crippen molar-refractivity contribution in [1.82, 2.24) is 15.5 Å². The first-order valence-electron chi connectivity index (χ1n) is 7.84. The van der Waals surface area contributed by atoms with E-state index >= 15 is 0 Å². The molecule has 3 rings (SSSR count). The number of carbonyl (C=O) groups is 1. The molecule has 1 aliphatic rings. The van der Waals surface area contributed by atoms with Gasteiger partial charge in [0, 0.05) is 16.6 Å². The van der Waals surface area contributed by atoms with Gasteiger partial charge in [-0.1, -0.05) is 49.4 Å². The molecule has 0 bridgehead atoms. The van der Waals surface area contributed by atoms with Crippen LogP contribution in [0.2, 0.25) is 5.02 Å². The maximum absolute atomic E-state index is 12.6. The molecule has 116 valence electrons. The fraction of sp³-hybridized carbons (Fsp3) is 0.412. The molecule has 0 spiro atoms. The topological polar surface area (TPSA) is 57.8 Å². The molecular formula is C17H20ClN3O. The molecule has 1 aliphatic carbocycles. The van der Waals surface area contributed by atoms with E-state index in [1.54, 1.807) is 6.20 Å². The molecule has 0 saturated heterocycles. The van der Waals surface area contributed by atoms with Crippen molar-refractivity contribution in [2.24, 2.45) is 0 Å². The molecule has 1 aromatic carbocycles. The van der Waals surface area contributed by atoms with Crippen molar-refractivity contribution >= 4 is 17.5 Å². The highest BCUT2D eigenvalue weighted by Crippen LogP contribution is 2.24. The van der Waals surface area contributed by atoms with Gasteiger partial charge >= 0.3 is 0 Å². The second-order valence-corrected chi connectivity index (χ2v) is 6.27. The van der Waals surface area contributed by atoms with E-state index in [0.29, 0.717) is 16.3 Å². The molecule has 0 atom stereocenters. The van der Waals surface area contributed by atoms with E-state index in [4.69, 9.17) is 11.6 Å². The third kappa shape index (κ3) is 3.50. The van der Waals surface area contributed by atoms with Gasteiger partial charge in [0.2, 0.25) is 0 Å². The average molecular weight is 318 g/mol. The molecule has 2 aromatic rings. The van der Waals surface area contributed by atoms with Crippen LogP contribution in [0.1, 0.15) is 48.9 Å². The van der Waals surface area contributed by atoms with Gasteiger partial charge in [0.1, 0.15) is 0 Å². The SMILES string of the molecule is O=C(NC1CCCCCC1)c1cn[nH]c1-c1cccc(Cl)c1. The van der Waals surface area contributed by atoms with Gasteiger partial charge in [-0.2, -0.15) is 5.10 Å². The molecule has 4 nitrogen and oxygen atoms in total. The summed E-state index contributed by atoms with van der Waals surface area (Å²) < 4.78 is 0. The number of carbonyl (C=O) groups excluding carboxylic acids is 1. The Labute approximate surface area is 135 Å². The number of H-pyrrole nitrogens is 1. The standard InChI is InChI=1S/C17H20ClN3O/c18-13-7-5-6-12(10-13)16-15(11-19-21-16)17(22)20-14-8-3-1-2-4-9-14/h5-7,10-11,14H,1-4,8-9H2,(H,19,21)(H,20,22). The van der Waals surface area contributed by atoms with Crippen LogP contribution >= 0.6 is 11.6 Å². The van der Waals surface area contributed by atoms with Crippen LogP contribution in [0.25, 0.3) is 11.3 Å². The predicted molar refractivity (Wildman–Crippen MR) is 88.0 cm³/mol. The lowest BCUT2D eigenvalue weighted by atomic mass is 10.1. The van der Waals surface area contributed by atoms with E-state index in [9.17, 15) is 4.79 Å². The highest BCUT2D eigenvalue weighted by atomic mass is 35.5. The summed E-state index contributed by atoms with van der Waals surface area (Å²) >= 11 is 6.03. The second-order valence-electron chi connectivity index (χ2n) is 5.83. The number of aromatic nitrogens is 2. The number of hydrogen-bond acceptors (Lipinski definition) is 2. The maximum Gasteiger partial charge on any atom is 0.255 e. The quantitative estimate of drug-likeness (QED) is 0.834. The summed E-state index contributed by atoms with van der Waals surface area (Å²) in [6.45, 7) is 0. The van der Waals surface area contributed by atoms with Crippen LogP contribution in [-0.2, 0) is 0 Å². The van der Waals surface area contributed by atoms with Crippen molar-refractivity contribution in [3.8, 4) is 11.3 Å². The van der Waals surface area contributed by atoms with E-state index in [1.807, 2.05) is 24.3 Å². The third-order valence-corrected chi connectivity index (χ3v) is 4.42. The highest BCUT2D eigenvalue weighted by molar-refractivity contribution is 6.30. The molecule has 0 aliphatic heterocycles. The number of nitrogens with one attached hydrogen (secondary N) is 2. The Hall–Kier alpha value is -1.81. The number of aromatic amines is 1. The largest absolute Gasteiger partial charge is 0.349 e. The zero-order valence-electron chi connectivity index (χ0n) is 12.4. The van der Waals surface area contributed by atoms with Crippen molar-refractivity contribution in [2.45, 2.75) is 44.6 Å². The molecule has 1 fully saturated rings. The molecule has 1 aromatic heterocycles. The van der Waals surface area contributed by atoms with Crippen LogP contribution in [0.15, 0.2) is 30.5 Å². The fourth-order valence-electron chi connectivity index (χ4n) is 3.01. The summed E-state index contributed by atoms with van der Waals surface area (Å²) in [5.41, 5.74) is 2.16. The molecule has 1 amide bonds. The number of benzene rings is 1. The lowest BCUT2D eigenvalue weighted by molar-refractivity contribution is 0.0934. The minimum Gasteiger partial charge on any atom is -0.349 e. The molecular weight excluding hydrogens is 298 g/mol. The predicted octanol–water partition coefficient (Wildman–Crippen LogP) is 4.18. The van der Waals surface area contributed by atoms with Crippen LogP contribution < -0.4 is 5.32 Å². The summed E-state index contributed by atoms with van der Waals surface area (Å²) in [7, 11) is 0. The Balaban J connectivity index is 1.77. The smallest absolute Gasteiger partial charge is 0.255 e. The zero-order valence-corrected chi connectivity index (χ0v) is 13.2. The summed E-state index contributed by atoms with van der Waals surface area (Å²) in [5, 5.41) is 10.7. The molecule has 1 heterocycles. The van der Waals surface area contributed by atoms with Crippen LogP contribution in [0.5, 0.6) is 0 Å². The Kier molecular flexibility index (Phi) is 4.78. The van der Waals surface area contributed by atoms with Crippen molar-refractivity contribution in [1.29, 1.82) is 0 Å². The van der Waals surface area contributed by atoms with E-state index in [1.165, 1.54) is 25.7 Å². The molecule has 22 heavy (non-hydrogen) atoms. The summed E-state index contributed by atoms with van der Waals surface area (Å²) in [6, 6.07) is 7.70. The number of nitrogens with zero attached hydrogens (tertiary/aromatic N) is 1.